The molecule has 0 aliphatic rings. The van der Waals surface area contributed by atoms with Crippen LogP contribution in [0.3, 0.4) is 0 Å². The average molecular weight is 478 g/mol. The zero-order valence-electron chi connectivity index (χ0n) is 17.8. The number of carboxylic acids is 1. The van der Waals surface area contributed by atoms with Crippen LogP contribution in [-0.2, 0) is 0 Å². The summed E-state index contributed by atoms with van der Waals surface area (Å²) < 4.78 is 22.3. The van der Waals surface area contributed by atoms with Crippen molar-refractivity contribution in [2.75, 3.05) is 5.32 Å². The van der Waals surface area contributed by atoms with E-state index in [9.17, 15) is 19.1 Å². The lowest BCUT2D eigenvalue weighted by Gasteiger charge is -2.18. The van der Waals surface area contributed by atoms with Crippen LogP contribution in [0.25, 0.3) is 27.6 Å². The van der Waals surface area contributed by atoms with E-state index < -0.39 is 23.3 Å². The minimum Gasteiger partial charge on any atom is -0.476 e. The number of aromatic carboxylic acids is 1. The molecular weight excluding hydrogens is 461 g/mol. The third-order valence-corrected chi connectivity index (χ3v) is 5.73. The first-order valence-electron chi connectivity index (χ1n) is 10.3. The van der Waals surface area contributed by atoms with Crippen LogP contribution in [0.2, 0.25) is 5.15 Å². The van der Waals surface area contributed by atoms with Crippen LogP contribution in [0, 0.1) is 5.82 Å². The molecule has 0 bridgehead atoms. The quantitative estimate of drug-likeness (QED) is 0.311. The Labute approximate surface area is 197 Å². The Hall–Kier alpha value is -4.17. The molecule has 5 rings (SSSR count). The molecule has 0 aliphatic carbocycles. The zero-order valence-corrected chi connectivity index (χ0v) is 18.5. The lowest BCUT2D eigenvalue weighted by molar-refractivity contribution is 0.0691. The van der Waals surface area contributed by atoms with Gasteiger partial charge in [0, 0.05) is 24.0 Å². The fraction of sp³-hybridized carbons (Fsp3) is 0.0800. The molecule has 0 aliphatic heterocycles. The summed E-state index contributed by atoms with van der Waals surface area (Å²) in [7, 11) is 0. The van der Waals surface area contributed by atoms with Crippen molar-refractivity contribution in [1.82, 2.24) is 9.55 Å². The van der Waals surface area contributed by atoms with Crippen molar-refractivity contribution in [1.29, 1.82) is 0 Å². The maximum Gasteiger partial charge on any atom is 0.356 e. The molecule has 0 radical (unpaired) electrons. The van der Waals surface area contributed by atoms with Gasteiger partial charge in [0.25, 0.3) is 0 Å². The number of aromatic nitrogens is 2. The van der Waals surface area contributed by atoms with Crippen LogP contribution in [0.1, 0.15) is 29.0 Å². The summed E-state index contributed by atoms with van der Waals surface area (Å²) in [5.41, 5.74) is 0.0527. The van der Waals surface area contributed by atoms with E-state index in [0.717, 1.165) is 16.8 Å². The number of halogens is 2. The molecule has 1 atom stereocenters. The summed E-state index contributed by atoms with van der Waals surface area (Å²) in [6.07, 6.45) is 3.67. The number of fused-ring (bicyclic) bond motifs is 2. The van der Waals surface area contributed by atoms with E-state index >= 15 is 0 Å². The Balaban J connectivity index is 1.63. The Morgan fingerprint density at radius 2 is 1.85 bits per heavy atom. The Kier molecular flexibility index (Phi) is 5.30. The number of pyridine rings is 1. The van der Waals surface area contributed by atoms with E-state index in [0.29, 0.717) is 5.56 Å². The fourth-order valence-electron chi connectivity index (χ4n) is 3.92. The normalized spacial score (nSPS) is 12.2. The SMILES string of the molecule is CC(Nc1ccc(Cl)nc1C(=O)O)c1cc(F)cc2c(=O)cc(-n3cc4ccccc4c3)oc12. The summed E-state index contributed by atoms with van der Waals surface area (Å²) >= 11 is 5.83. The molecule has 3 aromatic heterocycles. The van der Waals surface area contributed by atoms with Crippen LogP contribution < -0.4 is 10.7 Å². The summed E-state index contributed by atoms with van der Waals surface area (Å²) in [5, 5.41) is 14.5. The van der Waals surface area contributed by atoms with E-state index in [1.807, 2.05) is 36.7 Å². The van der Waals surface area contributed by atoms with Crippen LogP contribution in [-0.4, -0.2) is 20.6 Å². The van der Waals surface area contributed by atoms with E-state index in [2.05, 4.69) is 10.3 Å². The van der Waals surface area contributed by atoms with Crippen molar-refractivity contribution >= 4 is 45.0 Å². The number of carboxylic acid groups (broad SMARTS) is 1. The molecule has 9 heteroatoms. The minimum absolute atomic E-state index is 0.0292. The van der Waals surface area contributed by atoms with Crippen molar-refractivity contribution < 1.29 is 18.7 Å². The highest BCUT2D eigenvalue weighted by molar-refractivity contribution is 6.29. The molecule has 0 saturated carbocycles. The zero-order chi connectivity index (χ0) is 24.0. The summed E-state index contributed by atoms with van der Waals surface area (Å²) in [6, 6.07) is 13.7. The lowest BCUT2D eigenvalue weighted by Crippen LogP contribution is -2.14. The standard InChI is InChI=1S/C25H17ClFN3O4/c1-13(28-19-6-7-21(26)29-23(19)25(32)33)17-8-16(27)9-18-20(31)10-22(34-24(17)18)30-11-14-4-2-3-5-15(14)12-30/h2-13,28H,1H3,(H,32,33). The first kappa shape index (κ1) is 21.7. The van der Waals surface area contributed by atoms with E-state index in [4.69, 9.17) is 16.0 Å². The van der Waals surface area contributed by atoms with Gasteiger partial charge in [-0.15, -0.1) is 0 Å². The van der Waals surface area contributed by atoms with Crippen molar-refractivity contribution in [3.8, 4) is 5.88 Å². The number of anilines is 1. The fourth-order valence-corrected chi connectivity index (χ4v) is 4.07. The lowest BCUT2D eigenvalue weighted by atomic mass is 10.0. The topological polar surface area (TPSA) is 97.4 Å². The Bertz CT molecular complexity index is 1610. The van der Waals surface area contributed by atoms with Gasteiger partial charge in [-0.1, -0.05) is 35.9 Å². The predicted octanol–water partition coefficient (Wildman–Crippen LogP) is 5.80. The van der Waals surface area contributed by atoms with Gasteiger partial charge in [0.2, 0.25) is 5.88 Å². The number of hydrogen-bond donors (Lipinski definition) is 2. The number of nitrogens with one attached hydrogen (secondary N) is 1. The molecule has 1 unspecified atom stereocenters. The molecule has 0 fully saturated rings. The minimum atomic E-state index is -1.27. The predicted molar refractivity (Wildman–Crippen MR) is 128 cm³/mol. The summed E-state index contributed by atoms with van der Waals surface area (Å²) in [4.78, 5) is 28.3. The third-order valence-electron chi connectivity index (χ3n) is 5.52. The number of hydrogen-bond acceptors (Lipinski definition) is 5. The second-order valence-electron chi connectivity index (χ2n) is 7.82. The van der Waals surface area contributed by atoms with Gasteiger partial charge in [0.15, 0.2) is 11.1 Å². The van der Waals surface area contributed by atoms with Gasteiger partial charge in [0.05, 0.1) is 17.1 Å². The molecule has 2 N–H and O–H groups in total. The van der Waals surface area contributed by atoms with Gasteiger partial charge < -0.3 is 14.8 Å². The second-order valence-corrected chi connectivity index (χ2v) is 8.20. The van der Waals surface area contributed by atoms with Gasteiger partial charge in [-0.05, 0) is 42.0 Å². The highest BCUT2D eigenvalue weighted by Gasteiger charge is 2.20. The van der Waals surface area contributed by atoms with Gasteiger partial charge >= 0.3 is 5.97 Å². The maximum absolute atomic E-state index is 14.5. The molecule has 7 nitrogen and oxygen atoms in total. The average Bonchev–Trinajstić information content (AvgIpc) is 3.24. The maximum atomic E-state index is 14.5. The second kappa shape index (κ2) is 8.31. The third kappa shape index (κ3) is 3.88. The van der Waals surface area contributed by atoms with Crippen molar-refractivity contribution in [2.24, 2.45) is 0 Å². The van der Waals surface area contributed by atoms with E-state index in [1.54, 1.807) is 11.5 Å². The van der Waals surface area contributed by atoms with Gasteiger partial charge in [-0.25, -0.2) is 14.2 Å². The molecule has 0 amide bonds. The van der Waals surface area contributed by atoms with Gasteiger partial charge in [0.1, 0.15) is 16.6 Å². The van der Waals surface area contributed by atoms with Crippen LogP contribution >= 0.6 is 11.6 Å². The van der Waals surface area contributed by atoms with Crippen LogP contribution in [0.5, 0.6) is 0 Å². The number of rotatable bonds is 5. The van der Waals surface area contributed by atoms with Crippen LogP contribution in [0.15, 0.2) is 76.2 Å². The highest BCUT2D eigenvalue weighted by atomic mass is 35.5. The molecule has 34 heavy (non-hydrogen) atoms. The van der Waals surface area contributed by atoms with Gasteiger partial charge in [-0.3, -0.25) is 9.36 Å². The van der Waals surface area contributed by atoms with Crippen molar-refractivity contribution in [3.63, 3.8) is 0 Å². The molecule has 170 valence electrons. The molecule has 2 aromatic carbocycles. The number of carbonyl (C=O) groups is 1. The molecular formula is C25H17ClFN3O4. The molecule has 5 aromatic rings. The number of benzene rings is 2. The molecule has 0 spiro atoms. The summed E-state index contributed by atoms with van der Waals surface area (Å²) in [6.45, 7) is 1.70. The molecule has 0 saturated heterocycles. The molecule has 3 heterocycles. The first-order chi connectivity index (χ1) is 16.3. The number of nitrogens with zero attached hydrogens (tertiary/aromatic N) is 2. The van der Waals surface area contributed by atoms with E-state index in [-0.39, 0.29) is 33.4 Å². The van der Waals surface area contributed by atoms with Crippen molar-refractivity contribution in [3.05, 3.63) is 99.4 Å². The van der Waals surface area contributed by atoms with Crippen molar-refractivity contribution in [2.45, 2.75) is 13.0 Å². The Morgan fingerprint density at radius 3 is 2.53 bits per heavy atom. The Morgan fingerprint density at radius 1 is 1.15 bits per heavy atom. The monoisotopic (exact) mass is 477 g/mol. The largest absolute Gasteiger partial charge is 0.476 e. The smallest absolute Gasteiger partial charge is 0.356 e. The first-order valence-corrected chi connectivity index (χ1v) is 10.7. The summed E-state index contributed by atoms with van der Waals surface area (Å²) in [5.74, 6) is -1.61. The highest BCUT2D eigenvalue weighted by Crippen LogP contribution is 2.30. The van der Waals surface area contributed by atoms with E-state index in [1.165, 1.54) is 24.3 Å². The van der Waals surface area contributed by atoms with Crippen LogP contribution in [0.4, 0.5) is 10.1 Å². The van der Waals surface area contributed by atoms with Gasteiger partial charge in [-0.2, -0.15) is 0 Å².